The Morgan fingerprint density at radius 1 is 0.868 bits per heavy atom. The van der Waals surface area contributed by atoms with E-state index in [1.807, 2.05) is 67.6 Å². The van der Waals surface area contributed by atoms with Gasteiger partial charge in [0.2, 0.25) is 12.7 Å². The number of carbonyl (C=O) groups excluding carboxylic acids is 2. The van der Waals surface area contributed by atoms with Gasteiger partial charge in [-0.05, 0) is 48.7 Å². The first-order chi connectivity index (χ1) is 18.5. The third-order valence-corrected chi connectivity index (χ3v) is 6.93. The summed E-state index contributed by atoms with van der Waals surface area (Å²) < 4.78 is 17.2. The lowest BCUT2D eigenvalue weighted by Crippen LogP contribution is -2.49. The Kier molecular flexibility index (Phi) is 7.63. The van der Waals surface area contributed by atoms with Gasteiger partial charge in [0.05, 0.1) is 17.7 Å². The number of hydrogen-bond donors (Lipinski definition) is 1. The van der Waals surface area contributed by atoms with E-state index in [-0.39, 0.29) is 30.8 Å². The number of para-hydroxylation sites is 1. The summed E-state index contributed by atoms with van der Waals surface area (Å²) in [6.07, 6.45) is 5.60. The fraction of sp³-hybridized carbons (Fsp3) is 0.290. The molecule has 0 aliphatic carbocycles. The summed E-state index contributed by atoms with van der Waals surface area (Å²) in [5.41, 5.74) is 2.30. The van der Waals surface area contributed by atoms with Crippen molar-refractivity contribution in [1.29, 1.82) is 0 Å². The number of nitrogens with zero attached hydrogens (tertiary/aromatic N) is 1. The lowest BCUT2D eigenvalue weighted by Gasteiger charge is -2.30. The summed E-state index contributed by atoms with van der Waals surface area (Å²) in [7, 11) is 1.68. The molecule has 0 saturated heterocycles. The molecule has 0 bridgehead atoms. The summed E-state index contributed by atoms with van der Waals surface area (Å²) in [5.74, 6) is 1.36. The van der Waals surface area contributed by atoms with Crippen molar-refractivity contribution in [3.63, 3.8) is 0 Å². The highest BCUT2D eigenvalue weighted by Gasteiger charge is 2.31. The van der Waals surface area contributed by atoms with E-state index >= 15 is 0 Å². The average molecular weight is 513 g/mol. The van der Waals surface area contributed by atoms with E-state index < -0.39 is 6.04 Å². The fourth-order valence-electron chi connectivity index (χ4n) is 4.78. The first-order valence-corrected chi connectivity index (χ1v) is 12.9. The number of carbonyl (C=O) groups is 2. The van der Waals surface area contributed by atoms with Gasteiger partial charge >= 0.3 is 0 Å². The van der Waals surface area contributed by atoms with Crippen LogP contribution in [0.4, 0.5) is 0 Å². The van der Waals surface area contributed by atoms with E-state index in [0.29, 0.717) is 42.1 Å². The van der Waals surface area contributed by atoms with Gasteiger partial charge in [0.1, 0.15) is 11.8 Å². The number of fused-ring (bicyclic) bond motifs is 2. The topological polar surface area (TPSA) is 77.1 Å². The first kappa shape index (κ1) is 25.4. The minimum Gasteiger partial charge on any atom is -0.490 e. The third-order valence-electron chi connectivity index (χ3n) is 6.93. The number of rotatable bonds is 3. The fourth-order valence-corrected chi connectivity index (χ4v) is 4.78. The van der Waals surface area contributed by atoms with Crippen LogP contribution in [0, 0.1) is 0 Å². The molecule has 0 aromatic heterocycles. The molecular formula is C31H32N2O5. The van der Waals surface area contributed by atoms with Crippen LogP contribution in [0.5, 0.6) is 17.2 Å². The zero-order valence-corrected chi connectivity index (χ0v) is 21.6. The van der Waals surface area contributed by atoms with Crippen molar-refractivity contribution in [2.24, 2.45) is 0 Å². The van der Waals surface area contributed by atoms with Crippen LogP contribution in [0.25, 0.3) is 0 Å². The van der Waals surface area contributed by atoms with E-state index in [1.165, 1.54) is 4.90 Å². The Hall–Kier alpha value is -4.26. The van der Waals surface area contributed by atoms with Crippen LogP contribution in [0.2, 0.25) is 0 Å². The van der Waals surface area contributed by atoms with Crippen molar-refractivity contribution in [2.45, 2.75) is 44.4 Å². The largest absolute Gasteiger partial charge is 0.490 e. The minimum absolute atomic E-state index is 0.132. The van der Waals surface area contributed by atoms with Crippen LogP contribution >= 0.6 is 0 Å². The molecule has 0 unspecified atom stereocenters. The summed E-state index contributed by atoms with van der Waals surface area (Å²) >= 11 is 0. The van der Waals surface area contributed by atoms with E-state index in [4.69, 9.17) is 14.2 Å². The van der Waals surface area contributed by atoms with Gasteiger partial charge in [-0.2, -0.15) is 0 Å². The van der Waals surface area contributed by atoms with Crippen molar-refractivity contribution >= 4 is 11.8 Å². The van der Waals surface area contributed by atoms with Crippen molar-refractivity contribution in [2.75, 3.05) is 13.8 Å². The molecule has 2 aliphatic rings. The second-order valence-corrected chi connectivity index (χ2v) is 9.66. The molecule has 1 N–H and O–H groups in total. The van der Waals surface area contributed by atoms with Crippen LogP contribution in [-0.4, -0.2) is 42.7 Å². The molecule has 0 saturated carbocycles. The highest BCUT2D eigenvalue weighted by molar-refractivity contribution is 5.99. The van der Waals surface area contributed by atoms with Crippen LogP contribution < -0.4 is 19.5 Å². The predicted molar refractivity (Wildman–Crippen MR) is 144 cm³/mol. The van der Waals surface area contributed by atoms with Gasteiger partial charge in [-0.25, -0.2) is 0 Å². The number of ether oxygens (including phenoxy) is 3. The van der Waals surface area contributed by atoms with Gasteiger partial charge < -0.3 is 24.4 Å². The minimum atomic E-state index is -0.737. The monoisotopic (exact) mass is 512 g/mol. The van der Waals surface area contributed by atoms with Gasteiger partial charge in [-0.3, -0.25) is 9.59 Å². The number of benzene rings is 3. The van der Waals surface area contributed by atoms with Gasteiger partial charge in [0.15, 0.2) is 11.5 Å². The number of nitrogens with one attached hydrogen (secondary N) is 1. The molecule has 2 aliphatic heterocycles. The highest BCUT2D eigenvalue weighted by Crippen LogP contribution is 2.35. The summed E-state index contributed by atoms with van der Waals surface area (Å²) in [6, 6.07) is 21.6. The van der Waals surface area contributed by atoms with Crippen molar-refractivity contribution < 1.29 is 23.8 Å². The Labute approximate surface area is 223 Å². The SMILES string of the molecule is C[C@@H]1C/C=C\C[C@H](c2ccc3c(c2)OCO3)NC(=O)[C@@H](Cc2ccccc2)N(C)C(=O)c2ccccc2O1. The maximum atomic E-state index is 13.9. The zero-order valence-electron chi connectivity index (χ0n) is 21.6. The molecule has 3 aromatic rings. The molecule has 0 spiro atoms. The molecule has 3 atom stereocenters. The van der Waals surface area contributed by atoms with Gasteiger partial charge in [0.25, 0.3) is 5.91 Å². The quantitative estimate of drug-likeness (QED) is 0.496. The van der Waals surface area contributed by atoms with Crippen LogP contribution in [0.15, 0.2) is 84.9 Å². The van der Waals surface area contributed by atoms with Crippen molar-refractivity contribution in [1.82, 2.24) is 10.2 Å². The molecule has 3 aromatic carbocycles. The second kappa shape index (κ2) is 11.4. The number of hydrogen-bond acceptors (Lipinski definition) is 5. The summed E-state index contributed by atoms with van der Waals surface area (Å²) in [6.45, 7) is 2.16. The second-order valence-electron chi connectivity index (χ2n) is 9.66. The van der Waals surface area contributed by atoms with Crippen molar-refractivity contribution in [3.05, 3.63) is 102 Å². The molecule has 196 valence electrons. The molecule has 7 heteroatoms. The zero-order chi connectivity index (χ0) is 26.5. The Balaban J connectivity index is 1.51. The van der Waals surface area contributed by atoms with E-state index in [2.05, 4.69) is 17.5 Å². The summed E-state index contributed by atoms with van der Waals surface area (Å²) in [5, 5.41) is 3.22. The Morgan fingerprint density at radius 2 is 1.61 bits per heavy atom. The van der Waals surface area contributed by atoms with E-state index in [1.54, 1.807) is 19.2 Å². The Bertz CT molecular complexity index is 1320. The number of likely N-dealkylation sites (N-methyl/N-ethyl adjacent to an activating group) is 1. The van der Waals surface area contributed by atoms with Crippen LogP contribution in [0.3, 0.4) is 0 Å². The Morgan fingerprint density at radius 3 is 2.45 bits per heavy atom. The lowest BCUT2D eigenvalue weighted by molar-refractivity contribution is -0.126. The van der Waals surface area contributed by atoms with Gasteiger partial charge in [0, 0.05) is 19.9 Å². The predicted octanol–water partition coefficient (Wildman–Crippen LogP) is 5.07. The first-order valence-electron chi connectivity index (χ1n) is 12.9. The maximum Gasteiger partial charge on any atom is 0.258 e. The normalized spacial score (nSPS) is 22.6. The number of amides is 2. The van der Waals surface area contributed by atoms with Gasteiger partial charge in [-0.15, -0.1) is 0 Å². The highest BCUT2D eigenvalue weighted by atomic mass is 16.7. The van der Waals surface area contributed by atoms with Crippen molar-refractivity contribution in [3.8, 4) is 17.2 Å². The van der Waals surface area contributed by atoms with E-state index in [9.17, 15) is 9.59 Å². The molecule has 38 heavy (non-hydrogen) atoms. The summed E-state index contributed by atoms with van der Waals surface area (Å²) in [4.78, 5) is 29.2. The standard InChI is InChI=1S/C31H32N2O5/c1-21-10-6-8-14-25(23-16-17-28-29(19-23)37-20-36-28)32-30(34)26(18-22-11-4-3-5-12-22)33(2)31(35)24-13-7-9-15-27(24)38-21/h3-9,11-13,15-17,19,21,25-26H,10,14,18,20H2,1-2H3,(H,32,34)/b8-6-/t21-,25-,26-/m1/s1. The smallest absolute Gasteiger partial charge is 0.258 e. The molecule has 0 radical (unpaired) electrons. The van der Waals surface area contributed by atoms with Crippen LogP contribution in [0.1, 0.15) is 47.3 Å². The lowest BCUT2D eigenvalue weighted by atomic mass is 9.99. The van der Waals surface area contributed by atoms with Gasteiger partial charge in [-0.1, -0.05) is 60.7 Å². The van der Waals surface area contributed by atoms with Crippen LogP contribution in [-0.2, 0) is 11.2 Å². The molecule has 0 fully saturated rings. The molecule has 2 amide bonds. The molecule has 7 nitrogen and oxygen atoms in total. The molecule has 5 rings (SSSR count). The maximum absolute atomic E-state index is 13.9. The average Bonchev–Trinajstić information content (AvgIpc) is 3.41. The molecular weight excluding hydrogens is 480 g/mol. The molecule has 2 heterocycles. The van der Waals surface area contributed by atoms with E-state index in [0.717, 1.165) is 11.1 Å². The third kappa shape index (κ3) is 5.67.